The quantitative estimate of drug-likeness (QED) is 0.846. The molecule has 0 spiro atoms. The molecule has 0 unspecified atom stereocenters. The predicted octanol–water partition coefficient (Wildman–Crippen LogP) is 1.02. The van der Waals surface area contributed by atoms with Crippen LogP contribution in [-0.4, -0.2) is 39.1 Å². The topological polar surface area (TPSA) is 44.4 Å². The van der Waals surface area contributed by atoms with Gasteiger partial charge >= 0.3 is 0 Å². The highest BCUT2D eigenvalue weighted by Crippen LogP contribution is 2.19. The van der Waals surface area contributed by atoms with Gasteiger partial charge in [-0.1, -0.05) is 0 Å². The van der Waals surface area contributed by atoms with Crippen molar-refractivity contribution in [3.8, 4) is 0 Å². The molecule has 1 heterocycles. The zero-order chi connectivity index (χ0) is 12.3. The van der Waals surface area contributed by atoms with Crippen LogP contribution in [0, 0.1) is 5.82 Å². The van der Waals surface area contributed by atoms with E-state index in [1.165, 1.54) is 19.2 Å². The molecular formula is C12H17ClFN3O. The number of piperazine rings is 1. The van der Waals surface area contributed by atoms with Crippen LogP contribution in [0.3, 0.4) is 0 Å². The van der Waals surface area contributed by atoms with Gasteiger partial charge in [-0.3, -0.25) is 4.79 Å². The third-order valence-corrected chi connectivity index (χ3v) is 2.91. The Kier molecular flexibility index (Phi) is 5.37. The molecule has 0 aliphatic carbocycles. The molecule has 1 amide bonds. The molecule has 1 aliphatic heterocycles. The molecule has 0 aromatic heterocycles. The van der Waals surface area contributed by atoms with Crippen LogP contribution in [0.1, 0.15) is 10.4 Å². The predicted molar refractivity (Wildman–Crippen MR) is 72.1 cm³/mol. The molecule has 1 aliphatic rings. The average Bonchev–Trinajstić information content (AvgIpc) is 2.39. The van der Waals surface area contributed by atoms with E-state index in [1.54, 1.807) is 6.07 Å². The summed E-state index contributed by atoms with van der Waals surface area (Å²) in [5, 5.41) is 5.66. The first-order valence-corrected chi connectivity index (χ1v) is 5.69. The van der Waals surface area contributed by atoms with Crippen LogP contribution < -0.4 is 15.5 Å². The van der Waals surface area contributed by atoms with Crippen LogP contribution in [0.2, 0.25) is 0 Å². The number of benzene rings is 1. The van der Waals surface area contributed by atoms with Crippen molar-refractivity contribution < 1.29 is 9.18 Å². The van der Waals surface area contributed by atoms with Gasteiger partial charge in [0.1, 0.15) is 5.82 Å². The average molecular weight is 274 g/mol. The van der Waals surface area contributed by atoms with Crippen molar-refractivity contribution in [2.75, 3.05) is 38.1 Å². The first kappa shape index (κ1) is 14.7. The van der Waals surface area contributed by atoms with Crippen LogP contribution in [0.25, 0.3) is 0 Å². The number of amides is 1. The monoisotopic (exact) mass is 273 g/mol. The first-order chi connectivity index (χ1) is 8.22. The third-order valence-electron chi connectivity index (χ3n) is 2.91. The smallest absolute Gasteiger partial charge is 0.253 e. The van der Waals surface area contributed by atoms with Gasteiger partial charge in [0.05, 0.1) is 5.56 Å². The van der Waals surface area contributed by atoms with E-state index in [9.17, 15) is 9.18 Å². The van der Waals surface area contributed by atoms with Gasteiger partial charge < -0.3 is 15.5 Å². The molecule has 18 heavy (non-hydrogen) atoms. The lowest BCUT2D eigenvalue weighted by Gasteiger charge is -2.29. The molecule has 1 aromatic carbocycles. The lowest BCUT2D eigenvalue weighted by Crippen LogP contribution is -2.43. The Morgan fingerprint density at radius 1 is 1.39 bits per heavy atom. The Morgan fingerprint density at radius 2 is 2.06 bits per heavy atom. The number of halogens is 2. The molecule has 1 fully saturated rings. The molecule has 0 radical (unpaired) electrons. The summed E-state index contributed by atoms with van der Waals surface area (Å²) in [6.07, 6.45) is 0. The maximum absolute atomic E-state index is 13.7. The number of carbonyl (C=O) groups is 1. The van der Waals surface area contributed by atoms with Crippen molar-refractivity contribution in [1.82, 2.24) is 10.6 Å². The van der Waals surface area contributed by atoms with Crippen molar-refractivity contribution in [1.29, 1.82) is 0 Å². The lowest BCUT2D eigenvalue weighted by molar-refractivity contribution is 0.0959. The van der Waals surface area contributed by atoms with E-state index in [4.69, 9.17) is 0 Å². The summed E-state index contributed by atoms with van der Waals surface area (Å²) in [6, 6.07) is 4.75. The second-order valence-electron chi connectivity index (χ2n) is 3.98. The van der Waals surface area contributed by atoms with Crippen LogP contribution in [0.15, 0.2) is 18.2 Å². The Bertz CT molecular complexity index is 422. The maximum atomic E-state index is 13.7. The van der Waals surface area contributed by atoms with E-state index >= 15 is 0 Å². The van der Waals surface area contributed by atoms with E-state index in [0.29, 0.717) is 0 Å². The lowest BCUT2D eigenvalue weighted by atomic mass is 10.1. The summed E-state index contributed by atoms with van der Waals surface area (Å²) in [7, 11) is 1.49. The van der Waals surface area contributed by atoms with E-state index in [-0.39, 0.29) is 18.0 Å². The minimum atomic E-state index is -0.472. The van der Waals surface area contributed by atoms with Crippen molar-refractivity contribution in [3.05, 3.63) is 29.6 Å². The van der Waals surface area contributed by atoms with Crippen LogP contribution in [0.5, 0.6) is 0 Å². The minimum absolute atomic E-state index is 0. The fourth-order valence-electron chi connectivity index (χ4n) is 1.94. The number of nitrogens with one attached hydrogen (secondary N) is 2. The number of carbonyl (C=O) groups excluding carboxylic acids is 1. The molecule has 1 saturated heterocycles. The molecule has 0 saturated carbocycles. The normalized spacial score (nSPS) is 14.9. The molecule has 6 heteroatoms. The van der Waals surface area contributed by atoms with Gasteiger partial charge in [-0.15, -0.1) is 12.4 Å². The van der Waals surface area contributed by atoms with E-state index in [0.717, 1.165) is 31.9 Å². The zero-order valence-corrected chi connectivity index (χ0v) is 11.0. The summed E-state index contributed by atoms with van der Waals surface area (Å²) in [5.41, 5.74) is 0.919. The number of rotatable bonds is 2. The summed E-state index contributed by atoms with van der Waals surface area (Å²) in [5.74, 6) is -0.866. The maximum Gasteiger partial charge on any atom is 0.253 e. The Balaban J connectivity index is 0.00000162. The van der Waals surface area contributed by atoms with Gasteiger partial charge in [-0.25, -0.2) is 4.39 Å². The summed E-state index contributed by atoms with van der Waals surface area (Å²) in [6.45, 7) is 3.52. The highest BCUT2D eigenvalue weighted by molar-refractivity contribution is 5.94. The third kappa shape index (κ3) is 3.11. The summed E-state index contributed by atoms with van der Waals surface area (Å²) < 4.78 is 13.7. The molecule has 100 valence electrons. The summed E-state index contributed by atoms with van der Waals surface area (Å²) >= 11 is 0. The number of nitrogens with zero attached hydrogens (tertiary/aromatic N) is 1. The molecule has 2 N–H and O–H groups in total. The Hall–Kier alpha value is -1.33. The fourth-order valence-corrected chi connectivity index (χ4v) is 1.94. The molecule has 4 nitrogen and oxygen atoms in total. The summed E-state index contributed by atoms with van der Waals surface area (Å²) in [4.78, 5) is 13.5. The van der Waals surface area contributed by atoms with Gasteiger partial charge in [0, 0.05) is 38.9 Å². The van der Waals surface area contributed by atoms with Crippen molar-refractivity contribution >= 4 is 24.0 Å². The van der Waals surface area contributed by atoms with Crippen LogP contribution >= 0.6 is 12.4 Å². The van der Waals surface area contributed by atoms with Crippen LogP contribution in [0.4, 0.5) is 10.1 Å². The van der Waals surface area contributed by atoms with Gasteiger partial charge in [0.25, 0.3) is 5.91 Å². The van der Waals surface area contributed by atoms with Crippen molar-refractivity contribution in [2.24, 2.45) is 0 Å². The Labute approximate surface area is 112 Å². The number of hydrogen-bond acceptors (Lipinski definition) is 3. The molecule has 0 bridgehead atoms. The van der Waals surface area contributed by atoms with E-state index in [1.807, 2.05) is 0 Å². The van der Waals surface area contributed by atoms with Crippen molar-refractivity contribution in [2.45, 2.75) is 0 Å². The van der Waals surface area contributed by atoms with Gasteiger partial charge in [-0.2, -0.15) is 0 Å². The van der Waals surface area contributed by atoms with Gasteiger partial charge in [0.2, 0.25) is 0 Å². The highest BCUT2D eigenvalue weighted by atomic mass is 35.5. The fraction of sp³-hybridized carbons (Fsp3) is 0.417. The second kappa shape index (κ2) is 6.56. The van der Waals surface area contributed by atoms with Crippen molar-refractivity contribution in [3.63, 3.8) is 0 Å². The van der Waals surface area contributed by atoms with E-state index < -0.39 is 11.7 Å². The molecule has 0 atom stereocenters. The van der Waals surface area contributed by atoms with Gasteiger partial charge in [0.15, 0.2) is 0 Å². The van der Waals surface area contributed by atoms with E-state index in [2.05, 4.69) is 15.5 Å². The number of hydrogen-bond donors (Lipinski definition) is 2. The molecule has 1 aromatic rings. The van der Waals surface area contributed by atoms with Crippen LogP contribution in [-0.2, 0) is 0 Å². The Morgan fingerprint density at radius 3 is 2.61 bits per heavy atom. The zero-order valence-electron chi connectivity index (χ0n) is 10.2. The largest absolute Gasteiger partial charge is 0.369 e. The first-order valence-electron chi connectivity index (χ1n) is 5.69. The standard InChI is InChI=1S/C12H16FN3O.ClH/c1-14-12(17)10-3-2-9(8-11(10)13)16-6-4-15-5-7-16;/h2-3,8,15H,4-7H2,1H3,(H,14,17);1H. The SMILES string of the molecule is CNC(=O)c1ccc(N2CCNCC2)cc1F.Cl. The number of anilines is 1. The second-order valence-corrected chi connectivity index (χ2v) is 3.98. The molecule has 2 rings (SSSR count). The highest BCUT2D eigenvalue weighted by Gasteiger charge is 2.15. The minimum Gasteiger partial charge on any atom is -0.369 e. The molecular weight excluding hydrogens is 257 g/mol. The van der Waals surface area contributed by atoms with Gasteiger partial charge in [-0.05, 0) is 18.2 Å².